The number of H-pyrrole nitrogens is 2. The average Bonchev–Trinajstić information content (AvgIpc) is 3.20. The molecule has 0 spiro atoms. The number of nitrogens with one attached hydrogen (secondary N) is 2. The standard InChI is InChI=1S/C19H16N4O/c24-17-6-7-23(11-12-4-2-1-3-5-12)19-14-9-15-13(10-20-22-15)8-16(14)21-18(17)19/h1-5,8-10,20,22H,6-7,11H2. The van der Waals surface area contributed by atoms with Crippen LogP contribution in [-0.2, 0) is 6.54 Å². The van der Waals surface area contributed by atoms with Gasteiger partial charge in [-0.05, 0) is 17.7 Å². The number of nitrogens with zero attached hydrogens (tertiary/aromatic N) is 2. The fourth-order valence-electron chi connectivity index (χ4n) is 3.55. The molecule has 1 aliphatic heterocycles. The molecule has 5 heteroatoms. The first-order valence-electron chi connectivity index (χ1n) is 8.11. The van der Waals surface area contributed by atoms with Crippen LogP contribution in [0.4, 0.5) is 5.69 Å². The third-order valence-electron chi connectivity index (χ3n) is 4.72. The van der Waals surface area contributed by atoms with Gasteiger partial charge in [-0.1, -0.05) is 30.3 Å². The van der Waals surface area contributed by atoms with Gasteiger partial charge < -0.3 is 15.1 Å². The molecule has 0 bridgehead atoms. The molecule has 0 radical (unpaired) electrons. The average molecular weight is 316 g/mol. The first-order valence-corrected chi connectivity index (χ1v) is 8.11. The molecule has 24 heavy (non-hydrogen) atoms. The monoisotopic (exact) mass is 316 g/mol. The topological polar surface area (TPSA) is 64.8 Å². The van der Waals surface area contributed by atoms with Crippen LogP contribution < -0.4 is 4.90 Å². The van der Waals surface area contributed by atoms with E-state index >= 15 is 0 Å². The van der Waals surface area contributed by atoms with Crippen molar-refractivity contribution in [3.8, 4) is 0 Å². The van der Waals surface area contributed by atoms with E-state index in [2.05, 4.69) is 38.3 Å². The van der Waals surface area contributed by atoms with Crippen molar-refractivity contribution in [3.63, 3.8) is 0 Å². The summed E-state index contributed by atoms with van der Waals surface area (Å²) in [6.07, 6.45) is 2.43. The molecule has 118 valence electrons. The molecule has 0 amide bonds. The molecule has 4 aromatic rings. The molecular weight excluding hydrogens is 300 g/mol. The van der Waals surface area contributed by atoms with Crippen molar-refractivity contribution >= 4 is 33.3 Å². The quantitative estimate of drug-likeness (QED) is 0.593. The van der Waals surface area contributed by atoms with Crippen molar-refractivity contribution in [1.82, 2.24) is 15.2 Å². The third-order valence-corrected chi connectivity index (χ3v) is 4.72. The van der Waals surface area contributed by atoms with Crippen LogP contribution in [0.5, 0.6) is 0 Å². The molecule has 0 unspecified atom stereocenters. The highest BCUT2D eigenvalue weighted by atomic mass is 16.1. The number of rotatable bonds is 2. The Bertz CT molecular complexity index is 1060. The van der Waals surface area contributed by atoms with Crippen molar-refractivity contribution in [1.29, 1.82) is 0 Å². The summed E-state index contributed by atoms with van der Waals surface area (Å²) in [5.41, 5.74) is 4.73. The van der Waals surface area contributed by atoms with Crippen LogP contribution in [0.1, 0.15) is 22.5 Å². The molecule has 0 atom stereocenters. The SMILES string of the molecule is O=C1CCN(Cc2ccccc2)c2c1nc1cc3c[nH][nH]c3cc21. The summed E-state index contributed by atoms with van der Waals surface area (Å²) in [6, 6.07) is 14.5. The molecule has 2 aromatic carbocycles. The second-order valence-electron chi connectivity index (χ2n) is 6.26. The molecule has 0 saturated heterocycles. The number of hydrogen-bond donors (Lipinski definition) is 2. The number of aromatic amines is 2. The minimum Gasteiger partial charge on any atom is -0.364 e. The van der Waals surface area contributed by atoms with Crippen LogP contribution in [-0.4, -0.2) is 27.5 Å². The molecule has 5 nitrogen and oxygen atoms in total. The number of carbonyl (C=O) groups excluding carboxylic acids is 1. The maximum atomic E-state index is 12.4. The van der Waals surface area contributed by atoms with Crippen molar-refractivity contribution in [3.05, 3.63) is 59.9 Å². The lowest BCUT2D eigenvalue weighted by Crippen LogP contribution is -2.31. The van der Waals surface area contributed by atoms with Crippen molar-refractivity contribution in [2.24, 2.45) is 0 Å². The van der Waals surface area contributed by atoms with Gasteiger partial charge in [-0.25, -0.2) is 4.98 Å². The highest BCUT2D eigenvalue weighted by Crippen LogP contribution is 2.37. The lowest BCUT2D eigenvalue weighted by atomic mass is 10.0. The number of hydrogen-bond acceptors (Lipinski definition) is 3. The van der Waals surface area contributed by atoms with E-state index in [0.29, 0.717) is 12.1 Å². The van der Waals surface area contributed by atoms with Gasteiger partial charge in [0.05, 0.1) is 16.7 Å². The summed E-state index contributed by atoms with van der Waals surface area (Å²) in [6.45, 7) is 1.52. The third kappa shape index (κ3) is 1.94. The first-order chi connectivity index (χ1) is 11.8. The summed E-state index contributed by atoms with van der Waals surface area (Å²) >= 11 is 0. The van der Waals surface area contributed by atoms with Gasteiger partial charge in [0.2, 0.25) is 0 Å². The Hall–Kier alpha value is -3.08. The summed E-state index contributed by atoms with van der Waals surface area (Å²) < 4.78 is 0. The zero-order valence-electron chi connectivity index (χ0n) is 13.0. The van der Waals surface area contributed by atoms with E-state index in [4.69, 9.17) is 0 Å². The largest absolute Gasteiger partial charge is 0.364 e. The van der Waals surface area contributed by atoms with E-state index < -0.39 is 0 Å². The number of carbonyl (C=O) groups is 1. The van der Waals surface area contributed by atoms with Crippen LogP contribution in [0.3, 0.4) is 0 Å². The summed E-state index contributed by atoms with van der Waals surface area (Å²) in [4.78, 5) is 19.3. The molecule has 0 saturated carbocycles. The fourth-order valence-corrected chi connectivity index (χ4v) is 3.55. The van der Waals surface area contributed by atoms with Crippen molar-refractivity contribution in [2.45, 2.75) is 13.0 Å². The maximum absolute atomic E-state index is 12.4. The van der Waals surface area contributed by atoms with E-state index in [1.165, 1.54) is 5.56 Å². The molecular formula is C19H16N4O. The van der Waals surface area contributed by atoms with Gasteiger partial charge in [0.25, 0.3) is 0 Å². The van der Waals surface area contributed by atoms with E-state index in [1.807, 2.05) is 30.5 Å². The highest BCUT2D eigenvalue weighted by Gasteiger charge is 2.28. The molecule has 1 aliphatic rings. The van der Waals surface area contributed by atoms with E-state index in [9.17, 15) is 4.79 Å². The second-order valence-corrected chi connectivity index (χ2v) is 6.26. The normalized spacial score (nSPS) is 14.5. The van der Waals surface area contributed by atoms with Crippen LogP contribution in [0.25, 0.3) is 21.8 Å². The molecule has 2 N–H and O–H groups in total. The Morgan fingerprint density at radius 3 is 2.92 bits per heavy atom. The predicted octanol–water partition coefficient (Wildman–Crippen LogP) is 3.64. The minimum atomic E-state index is 0.140. The highest BCUT2D eigenvalue weighted by molar-refractivity contribution is 6.13. The van der Waals surface area contributed by atoms with E-state index in [0.717, 1.165) is 40.6 Å². The Kier molecular flexibility index (Phi) is 2.76. The van der Waals surface area contributed by atoms with E-state index in [1.54, 1.807) is 0 Å². The zero-order valence-corrected chi connectivity index (χ0v) is 13.0. The minimum absolute atomic E-state index is 0.140. The van der Waals surface area contributed by atoms with Crippen LogP contribution >= 0.6 is 0 Å². The smallest absolute Gasteiger partial charge is 0.185 e. The number of anilines is 1. The van der Waals surface area contributed by atoms with E-state index in [-0.39, 0.29) is 5.78 Å². The van der Waals surface area contributed by atoms with Crippen molar-refractivity contribution < 1.29 is 4.79 Å². The molecule has 0 aliphatic carbocycles. The Morgan fingerprint density at radius 1 is 1.17 bits per heavy atom. The summed E-state index contributed by atoms with van der Waals surface area (Å²) in [5.74, 6) is 0.140. The lowest BCUT2D eigenvalue weighted by Gasteiger charge is -2.28. The van der Waals surface area contributed by atoms with Gasteiger partial charge in [-0.15, -0.1) is 0 Å². The number of ketones is 1. The van der Waals surface area contributed by atoms with Gasteiger partial charge in [0.1, 0.15) is 5.69 Å². The Balaban J connectivity index is 1.69. The van der Waals surface area contributed by atoms with Gasteiger partial charge >= 0.3 is 0 Å². The van der Waals surface area contributed by atoms with Crippen LogP contribution in [0.2, 0.25) is 0 Å². The Labute approximate surface area is 138 Å². The lowest BCUT2D eigenvalue weighted by molar-refractivity contribution is 0.0975. The molecule has 5 rings (SSSR count). The molecule has 2 aromatic heterocycles. The van der Waals surface area contributed by atoms with Crippen molar-refractivity contribution in [2.75, 3.05) is 11.4 Å². The number of aromatic nitrogens is 3. The maximum Gasteiger partial charge on any atom is 0.185 e. The van der Waals surface area contributed by atoms with Crippen LogP contribution in [0, 0.1) is 0 Å². The number of benzene rings is 2. The number of Topliss-reactive ketones (excluding diaryl/α,β-unsaturated/α-hetero) is 1. The predicted molar refractivity (Wildman–Crippen MR) is 94.4 cm³/mol. The fraction of sp³-hybridized carbons (Fsp3) is 0.158. The van der Waals surface area contributed by atoms with Gasteiger partial charge in [-0.3, -0.25) is 4.79 Å². The van der Waals surface area contributed by atoms with Crippen LogP contribution in [0.15, 0.2) is 48.7 Å². The first kappa shape index (κ1) is 13.4. The second kappa shape index (κ2) is 4.96. The molecule has 3 heterocycles. The zero-order chi connectivity index (χ0) is 16.1. The number of fused-ring (bicyclic) bond motifs is 4. The summed E-state index contributed by atoms with van der Waals surface area (Å²) in [5, 5.41) is 8.24. The van der Waals surface area contributed by atoms with Gasteiger partial charge in [-0.2, -0.15) is 0 Å². The Morgan fingerprint density at radius 2 is 2.04 bits per heavy atom. The van der Waals surface area contributed by atoms with Gasteiger partial charge in [0, 0.05) is 36.5 Å². The van der Waals surface area contributed by atoms with Gasteiger partial charge in [0.15, 0.2) is 5.78 Å². The molecule has 0 fully saturated rings. The summed E-state index contributed by atoms with van der Waals surface area (Å²) in [7, 11) is 0.